The second-order valence-electron chi connectivity index (χ2n) is 7.02. The van der Waals surface area contributed by atoms with Gasteiger partial charge in [0.2, 0.25) is 0 Å². The van der Waals surface area contributed by atoms with E-state index in [9.17, 15) is 9.59 Å². The second-order valence-corrected chi connectivity index (χ2v) is 7.02. The molecule has 2 aromatic rings. The third-order valence-electron chi connectivity index (χ3n) is 4.89. The molecule has 0 spiro atoms. The van der Waals surface area contributed by atoms with E-state index in [2.05, 4.69) is 6.07 Å². The number of carbonyl (C=O) groups excluding carboxylic acids is 2. The highest BCUT2D eigenvalue weighted by Crippen LogP contribution is 2.22. The molecule has 0 N–H and O–H groups in total. The molecule has 1 aliphatic carbocycles. The van der Waals surface area contributed by atoms with Crippen LogP contribution in [0.2, 0.25) is 0 Å². The molecule has 0 radical (unpaired) electrons. The molecule has 0 amide bonds. The van der Waals surface area contributed by atoms with Gasteiger partial charge in [-0.3, -0.25) is 4.79 Å². The summed E-state index contributed by atoms with van der Waals surface area (Å²) in [6, 6.07) is 16.9. The Morgan fingerprint density at radius 1 is 1.14 bits per heavy atom. The molecule has 4 nitrogen and oxygen atoms in total. The first-order valence-electron chi connectivity index (χ1n) is 9.93. The number of methoxy groups -OCH3 is 1. The van der Waals surface area contributed by atoms with Crippen molar-refractivity contribution in [3.63, 3.8) is 0 Å². The van der Waals surface area contributed by atoms with Crippen LogP contribution in [0.15, 0.2) is 78.4 Å². The van der Waals surface area contributed by atoms with Gasteiger partial charge >= 0.3 is 5.97 Å². The number of allylic oxidation sites excluding steroid dienone is 2. The summed E-state index contributed by atoms with van der Waals surface area (Å²) >= 11 is 0. The number of ether oxygens (including phenoxy) is 2. The average molecular weight is 390 g/mol. The molecule has 0 heterocycles. The van der Waals surface area contributed by atoms with Crippen LogP contribution >= 0.6 is 0 Å². The van der Waals surface area contributed by atoms with Crippen molar-refractivity contribution in [2.45, 2.75) is 38.2 Å². The summed E-state index contributed by atoms with van der Waals surface area (Å²) in [6.45, 7) is 0. The zero-order valence-electron chi connectivity index (χ0n) is 16.7. The lowest BCUT2D eigenvalue weighted by molar-refractivity contribution is -0.115. The molecular formula is C25H26O4. The Hall–Kier alpha value is -3.14. The molecule has 0 aliphatic heterocycles. The summed E-state index contributed by atoms with van der Waals surface area (Å²) in [5, 5.41) is 0. The Labute approximate surface area is 171 Å². The predicted molar refractivity (Wildman–Crippen MR) is 113 cm³/mol. The van der Waals surface area contributed by atoms with E-state index in [0.29, 0.717) is 18.4 Å². The number of esters is 1. The van der Waals surface area contributed by atoms with E-state index in [1.54, 1.807) is 31.4 Å². The highest BCUT2D eigenvalue weighted by atomic mass is 16.5. The van der Waals surface area contributed by atoms with Crippen LogP contribution in [-0.4, -0.2) is 25.0 Å². The smallest absolute Gasteiger partial charge is 0.338 e. The molecule has 1 aliphatic rings. The minimum absolute atomic E-state index is 0.149. The van der Waals surface area contributed by atoms with Gasteiger partial charge in [-0.2, -0.15) is 0 Å². The molecule has 2 aromatic carbocycles. The molecule has 0 bridgehead atoms. The van der Waals surface area contributed by atoms with Gasteiger partial charge in [-0.15, -0.1) is 0 Å². The quantitative estimate of drug-likeness (QED) is 0.442. The van der Waals surface area contributed by atoms with Gasteiger partial charge < -0.3 is 9.47 Å². The van der Waals surface area contributed by atoms with Gasteiger partial charge in [0.25, 0.3) is 0 Å². The first-order chi connectivity index (χ1) is 14.2. The van der Waals surface area contributed by atoms with Gasteiger partial charge in [-0.1, -0.05) is 42.5 Å². The van der Waals surface area contributed by atoms with Crippen LogP contribution in [0.25, 0.3) is 0 Å². The minimum Gasteiger partial charge on any atom is -0.497 e. The lowest BCUT2D eigenvalue weighted by atomic mass is 10.0. The molecule has 4 heteroatoms. The molecule has 29 heavy (non-hydrogen) atoms. The lowest BCUT2D eigenvalue weighted by Crippen LogP contribution is -2.18. The maximum absolute atomic E-state index is 12.5. The van der Waals surface area contributed by atoms with Crippen molar-refractivity contribution in [1.29, 1.82) is 0 Å². The van der Waals surface area contributed by atoms with E-state index >= 15 is 0 Å². The Morgan fingerprint density at radius 2 is 1.97 bits per heavy atom. The summed E-state index contributed by atoms with van der Waals surface area (Å²) in [5.41, 5.74) is 2.45. The standard InChI is InChI=1S/C25H26O4/c1-28-22-15-7-10-19(17-22)9-5-6-14-23(18-21-13-8-16-24(21)26)29-25(27)20-11-3-2-4-12-20/h2-4,6-7,10-15,17,23H,5,8-9,16,18H2,1H3. The minimum atomic E-state index is -0.457. The van der Waals surface area contributed by atoms with Gasteiger partial charge in [-0.05, 0) is 60.7 Å². The first kappa shape index (κ1) is 20.6. The number of benzene rings is 2. The number of Topliss-reactive ketones (excluding diaryl/α,β-unsaturated/α-hetero) is 1. The number of aryl methyl sites for hydroxylation is 1. The van der Waals surface area contributed by atoms with Crippen LogP contribution in [0.5, 0.6) is 5.75 Å². The third-order valence-corrected chi connectivity index (χ3v) is 4.89. The van der Waals surface area contributed by atoms with E-state index in [-0.39, 0.29) is 11.8 Å². The highest BCUT2D eigenvalue weighted by molar-refractivity contribution is 5.97. The number of ketones is 1. The van der Waals surface area contributed by atoms with Crippen LogP contribution in [0.4, 0.5) is 0 Å². The van der Waals surface area contributed by atoms with E-state index < -0.39 is 6.10 Å². The third kappa shape index (κ3) is 6.18. The number of hydrogen-bond donors (Lipinski definition) is 0. The highest BCUT2D eigenvalue weighted by Gasteiger charge is 2.21. The summed E-state index contributed by atoms with van der Waals surface area (Å²) < 4.78 is 11.0. The fourth-order valence-electron chi connectivity index (χ4n) is 3.32. The number of carbonyl (C=O) groups is 2. The molecule has 1 unspecified atom stereocenters. The molecular weight excluding hydrogens is 364 g/mol. The fourth-order valence-corrected chi connectivity index (χ4v) is 3.32. The summed E-state index contributed by atoms with van der Waals surface area (Å²) in [6.07, 6.45) is 8.81. The SMILES string of the molecule is COc1cccc(CCC=CC(CC2=CCCC2=O)OC(=O)c2ccccc2)c1. The molecule has 1 atom stereocenters. The van der Waals surface area contributed by atoms with Crippen molar-refractivity contribution in [3.8, 4) is 5.75 Å². The Kier molecular flexibility index (Phi) is 7.40. The topological polar surface area (TPSA) is 52.6 Å². The van der Waals surface area contributed by atoms with Crippen LogP contribution in [-0.2, 0) is 16.0 Å². The number of rotatable bonds is 9. The van der Waals surface area contributed by atoms with Gasteiger partial charge in [0, 0.05) is 12.8 Å². The normalized spacial score (nSPS) is 14.7. The molecule has 0 saturated heterocycles. The summed E-state index contributed by atoms with van der Waals surface area (Å²) in [4.78, 5) is 24.5. The van der Waals surface area contributed by atoms with Crippen LogP contribution in [0, 0.1) is 0 Å². The Morgan fingerprint density at radius 3 is 2.69 bits per heavy atom. The number of hydrogen-bond acceptors (Lipinski definition) is 4. The summed E-state index contributed by atoms with van der Waals surface area (Å²) in [7, 11) is 1.66. The zero-order chi connectivity index (χ0) is 20.5. The van der Waals surface area contributed by atoms with E-state index in [4.69, 9.17) is 9.47 Å². The van der Waals surface area contributed by atoms with E-state index in [1.165, 1.54) is 5.56 Å². The van der Waals surface area contributed by atoms with E-state index in [0.717, 1.165) is 30.6 Å². The zero-order valence-corrected chi connectivity index (χ0v) is 16.7. The average Bonchev–Trinajstić information content (AvgIpc) is 3.16. The first-order valence-corrected chi connectivity index (χ1v) is 9.93. The van der Waals surface area contributed by atoms with Crippen molar-refractivity contribution < 1.29 is 19.1 Å². The van der Waals surface area contributed by atoms with Gasteiger partial charge in [0.15, 0.2) is 5.78 Å². The lowest BCUT2D eigenvalue weighted by Gasteiger charge is -2.15. The van der Waals surface area contributed by atoms with Crippen molar-refractivity contribution in [3.05, 3.63) is 89.5 Å². The molecule has 0 fully saturated rings. The van der Waals surface area contributed by atoms with Gasteiger partial charge in [0.1, 0.15) is 11.9 Å². The van der Waals surface area contributed by atoms with Crippen LogP contribution < -0.4 is 4.74 Å². The maximum Gasteiger partial charge on any atom is 0.338 e. The van der Waals surface area contributed by atoms with E-state index in [1.807, 2.05) is 42.5 Å². The molecule has 0 saturated carbocycles. The maximum atomic E-state index is 12.5. The van der Waals surface area contributed by atoms with Crippen molar-refractivity contribution in [2.24, 2.45) is 0 Å². The molecule has 3 rings (SSSR count). The van der Waals surface area contributed by atoms with Crippen molar-refractivity contribution in [2.75, 3.05) is 7.11 Å². The van der Waals surface area contributed by atoms with Crippen molar-refractivity contribution in [1.82, 2.24) is 0 Å². The predicted octanol–water partition coefficient (Wildman–Crippen LogP) is 5.09. The monoisotopic (exact) mass is 390 g/mol. The largest absolute Gasteiger partial charge is 0.497 e. The molecule has 150 valence electrons. The van der Waals surface area contributed by atoms with Gasteiger partial charge in [0.05, 0.1) is 12.7 Å². The van der Waals surface area contributed by atoms with Gasteiger partial charge in [-0.25, -0.2) is 4.79 Å². The second kappa shape index (κ2) is 10.4. The Bertz CT molecular complexity index is 896. The van der Waals surface area contributed by atoms with Crippen LogP contribution in [0.3, 0.4) is 0 Å². The Balaban J connectivity index is 1.62. The summed E-state index contributed by atoms with van der Waals surface area (Å²) in [5.74, 6) is 0.613. The van der Waals surface area contributed by atoms with Crippen LogP contribution in [0.1, 0.15) is 41.6 Å². The molecule has 0 aromatic heterocycles. The fraction of sp³-hybridized carbons (Fsp3) is 0.280. The van der Waals surface area contributed by atoms with Crippen molar-refractivity contribution >= 4 is 11.8 Å².